The summed E-state index contributed by atoms with van der Waals surface area (Å²) >= 11 is 0. The van der Waals surface area contributed by atoms with E-state index in [1.807, 2.05) is 14.0 Å². The minimum Gasteiger partial charge on any atom is -0.352 e. The monoisotopic (exact) mass is 255 g/mol. The highest BCUT2D eigenvalue weighted by molar-refractivity contribution is 5.81. The second-order valence-corrected chi connectivity index (χ2v) is 5.61. The number of nitrogens with zero attached hydrogens (tertiary/aromatic N) is 1. The number of hydrogen-bond acceptors (Lipinski definition) is 3. The lowest BCUT2D eigenvalue weighted by molar-refractivity contribution is -0.127. The van der Waals surface area contributed by atoms with Crippen molar-refractivity contribution < 1.29 is 4.79 Å². The molecule has 106 valence electrons. The molecule has 1 aliphatic carbocycles. The van der Waals surface area contributed by atoms with Crippen LogP contribution in [0.4, 0.5) is 0 Å². The van der Waals surface area contributed by atoms with Crippen LogP contribution in [0.1, 0.15) is 52.4 Å². The summed E-state index contributed by atoms with van der Waals surface area (Å²) in [7, 11) is 2.01. The van der Waals surface area contributed by atoms with E-state index in [9.17, 15) is 4.79 Å². The Morgan fingerprint density at radius 1 is 1.33 bits per heavy atom. The van der Waals surface area contributed by atoms with Gasteiger partial charge in [0.05, 0.1) is 6.04 Å². The van der Waals surface area contributed by atoms with Crippen LogP contribution < -0.4 is 11.1 Å². The average Bonchev–Trinajstić information content (AvgIpc) is 2.38. The van der Waals surface area contributed by atoms with Gasteiger partial charge >= 0.3 is 0 Å². The largest absolute Gasteiger partial charge is 0.352 e. The molecule has 0 radical (unpaired) electrons. The molecule has 1 saturated carbocycles. The molecule has 0 spiro atoms. The van der Waals surface area contributed by atoms with Crippen LogP contribution in [0.5, 0.6) is 0 Å². The fourth-order valence-electron chi connectivity index (χ4n) is 2.58. The van der Waals surface area contributed by atoms with E-state index in [0.717, 1.165) is 19.3 Å². The molecule has 0 aromatic rings. The number of nitrogens with two attached hydrogens (primary N) is 1. The molecule has 0 heterocycles. The lowest BCUT2D eigenvalue weighted by Crippen LogP contribution is -2.50. The van der Waals surface area contributed by atoms with Gasteiger partial charge in [-0.3, -0.25) is 9.69 Å². The normalized spacial score (nSPS) is 20.7. The third kappa shape index (κ3) is 4.58. The highest BCUT2D eigenvalue weighted by atomic mass is 16.2. The van der Waals surface area contributed by atoms with E-state index in [1.165, 1.54) is 19.3 Å². The molecule has 1 rings (SSSR count). The lowest BCUT2D eigenvalue weighted by atomic mass is 9.95. The van der Waals surface area contributed by atoms with Crippen LogP contribution in [0.25, 0.3) is 0 Å². The summed E-state index contributed by atoms with van der Waals surface area (Å²) < 4.78 is 0. The van der Waals surface area contributed by atoms with Gasteiger partial charge in [0.15, 0.2) is 0 Å². The van der Waals surface area contributed by atoms with Gasteiger partial charge in [0.1, 0.15) is 0 Å². The molecule has 0 bridgehead atoms. The highest BCUT2D eigenvalue weighted by Gasteiger charge is 2.24. The van der Waals surface area contributed by atoms with Gasteiger partial charge in [-0.2, -0.15) is 0 Å². The zero-order valence-electron chi connectivity index (χ0n) is 12.1. The fraction of sp³-hybridized carbons (Fsp3) is 0.929. The maximum atomic E-state index is 12.2. The molecule has 0 saturated heterocycles. The van der Waals surface area contributed by atoms with Crippen LogP contribution in [-0.4, -0.2) is 42.5 Å². The summed E-state index contributed by atoms with van der Waals surface area (Å²) in [5.74, 6) is 0.160. The molecule has 4 nitrogen and oxygen atoms in total. The molecule has 2 unspecified atom stereocenters. The SMILES string of the molecule is CC(CCN)N(C)C(C)C(=O)NC1CCCCC1. The Morgan fingerprint density at radius 3 is 2.50 bits per heavy atom. The summed E-state index contributed by atoms with van der Waals surface area (Å²) in [5.41, 5.74) is 5.57. The van der Waals surface area contributed by atoms with Crippen LogP contribution in [0.15, 0.2) is 0 Å². The number of carbonyl (C=O) groups is 1. The minimum absolute atomic E-state index is 0.0755. The summed E-state index contributed by atoms with van der Waals surface area (Å²) in [6.07, 6.45) is 7.02. The van der Waals surface area contributed by atoms with E-state index >= 15 is 0 Å². The number of carbonyl (C=O) groups excluding carboxylic acids is 1. The molecule has 0 aromatic heterocycles. The maximum Gasteiger partial charge on any atom is 0.237 e. The van der Waals surface area contributed by atoms with Crippen molar-refractivity contribution in [2.24, 2.45) is 5.73 Å². The summed E-state index contributed by atoms with van der Waals surface area (Å²) in [4.78, 5) is 14.3. The van der Waals surface area contributed by atoms with E-state index in [1.54, 1.807) is 0 Å². The Labute approximate surface area is 111 Å². The van der Waals surface area contributed by atoms with Crippen LogP contribution in [0.3, 0.4) is 0 Å². The zero-order chi connectivity index (χ0) is 13.5. The average molecular weight is 255 g/mol. The first-order valence-electron chi connectivity index (χ1n) is 7.28. The van der Waals surface area contributed by atoms with Crippen molar-refractivity contribution in [1.29, 1.82) is 0 Å². The van der Waals surface area contributed by atoms with Crippen molar-refractivity contribution >= 4 is 5.91 Å². The van der Waals surface area contributed by atoms with Crippen molar-refractivity contribution in [3.05, 3.63) is 0 Å². The Balaban J connectivity index is 2.39. The molecule has 1 fully saturated rings. The number of rotatable bonds is 6. The Hall–Kier alpha value is -0.610. The van der Waals surface area contributed by atoms with Gasteiger partial charge in [0.25, 0.3) is 0 Å². The van der Waals surface area contributed by atoms with Gasteiger partial charge in [-0.25, -0.2) is 0 Å². The Morgan fingerprint density at radius 2 is 1.94 bits per heavy atom. The Bertz CT molecular complexity index is 251. The number of amides is 1. The first kappa shape index (κ1) is 15.4. The van der Waals surface area contributed by atoms with Gasteiger partial charge in [-0.15, -0.1) is 0 Å². The van der Waals surface area contributed by atoms with Crippen LogP contribution in [0.2, 0.25) is 0 Å². The fourth-order valence-corrected chi connectivity index (χ4v) is 2.58. The molecule has 1 aliphatic rings. The van der Waals surface area contributed by atoms with Crippen LogP contribution in [-0.2, 0) is 4.79 Å². The second kappa shape index (κ2) is 7.74. The lowest BCUT2D eigenvalue weighted by Gasteiger charge is -2.32. The smallest absolute Gasteiger partial charge is 0.237 e. The number of hydrogen-bond donors (Lipinski definition) is 2. The first-order chi connectivity index (χ1) is 8.56. The topological polar surface area (TPSA) is 58.4 Å². The molecule has 3 N–H and O–H groups in total. The molecule has 1 amide bonds. The van der Waals surface area contributed by atoms with Crippen molar-refractivity contribution in [1.82, 2.24) is 10.2 Å². The molecule has 2 atom stereocenters. The third-order valence-corrected chi connectivity index (χ3v) is 4.22. The predicted molar refractivity (Wildman–Crippen MR) is 75.4 cm³/mol. The second-order valence-electron chi connectivity index (χ2n) is 5.61. The molecular formula is C14H29N3O. The summed E-state index contributed by atoms with van der Waals surface area (Å²) in [6.45, 7) is 4.77. The van der Waals surface area contributed by atoms with E-state index in [-0.39, 0.29) is 11.9 Å². The van der Waals surface area contributed by atoms with Crippen molar-refractivity contribution in [2.45, 2.75) is 70.5 Å². The molecule has 18 heavy (non-hydrogen) atoms. The van der Waals surface area contributed by atoms with E-state index in [4.69, 9.17) is 5.73 Å². The third-order valence-electron chi connectivity index (χ3n) is 4.22. The highest BCUT2D eigenvalue weighted by Crippen LogP contribution is 2.17. The maximum absolute atomic E-state index is 12.2. The van der Waals surface area contributed by atoms with Crippen LogP contribution >= 0.6 is 0 Å². The standard InChI is InChI=1S/C14H29N3O/c1-11(9-10-15)17(3)12(2)14(18)16-13-7-5-4-6-8-13/h11-13H,4-10,15H2,1-3H3,(H,16,18). The van der Waals surface area contributed by atoms with E-state index < -0.39 is 0 Å². The van der Waals surface area contributed by atoms with Gasteiger partial charge < -0.3 is 11.1 Å². The number of likely N-dealkylation sites (N-methyl/N-ethyl adjacent to an activating group) is 1. The van der Waals surface area contributed by atoms with Gasteiger partial charge in [0.2, 0.25) is 5.91 Å². The van der Waals surface area contributed by atoms with E-state index in [0.29, 0.717) is 18.6 Å². The predicted octanol–water partition coefficient (Wildman–Crippen LogP) is 1.49. The molecular weight excluding hydrogens is 226 g/mol. The molecule has 4 heteroatoms. The van der Waals surface area contributed by atoms with Gasteiger partial charge in [-0.1, -0.05) is 19.3 Å². The quantitative estimate of drug-likeness (QED) is 0.756. The Kier molecular flexibility index (Phi) is 6.65. The zero-order valence-corrected chi connectivity index (χ0v) is 12.1. The van der Waals surface area contributed by atoms with E-state index in [2.05, 4.69) is 17.1 Å². The minimum atomic E-state index is -0.0755. The molecule has 0 aliphatic heterocycles. The van der Waals surface area contributed by atoms with Gasteiger partial charge in [-0.05, 0) is 46.7 Å². The van der Waals surface area contributed by atoms with Crippen molar-refractivity contribution in [3.8, 4) is 0 Å². The summed E-state index contributed by atoms with van der Waals surface area (Å²) in [6, 6.07) is 0.669. The number of nitrogens with one attached hydrogen (secondary N) is 1. The first-order valence-corrected chi connectivity index (χ1v) is 7.28. The summed E-state index contributed by atoms with van der Waals surface area (Å²) in [5, 5.41) is 3.18. The van der Waals surface area contributed by atoms with Crippen molar-refractivity contribution in [2.75, 3.05) is 13.6 Å². The molecule has 0 aromatic carbocycles. The van der Waals surface area contributed by atoms with Crippen LogP contribution in [0, 0.1) is 0 Å². The van der Waals surface area contributed by atoms with Gasteiger partial charge in [0, 0.05) is 12.1 Å². The van der Waals surface area contributed by atoms with Crippen molar-refractivity contribution in [3.63, 3.8) is 0 Å².